The van der Waals surface area contributed by atoms with Crippen molar-refractivity contribution in [2.45, 2.75) is 39.2 Å². The second-order valence-electron chi connectivity index (χ2n) is 4.77. The van der Waals surface area contributed by atoms with Crippen LogP contribution in [0.1, 0.15) is 42.0 Å². The smallest absolute Gasteiger partial charge is 0.138 e. The highest BCUT2D eigenvalue weighted by Gasteiger charge is 2.23. The Balaban J connectivity index is 2.47. The summed E-state index contributed by atoms with van der Waals surface area (Å²) in [5.74, 6) is 1.00. The summed E-state index contributed by atoms with van der Waals surface area (Å²) >= 11 is 3.64. The van der Waals surface area contributed by atoms with Crippen LogP contribution < -0.4 is 10.1 Å². The third kappa shape index (κ3) is 2.50. The number of halogens is 1. The number of nitrogens with one attached hydrogen (secondary N) is 1. The largest absolute Gasteiger partial charge is 0.495 e. The molecule has 2 nitrogen and oxygen atoms in total. The summed E-state index contributed by atoms with van der Waals surface area (Å²) in [6, 6.07) is 2.67. The van der Waals surface area contributed by atoms with Gasteiger partial charge >= 0.3 is 0 Å². The molecule has 1 aliphatic heterocycles. The lowest BCUT2D eigenvalue weighted by atomic mass is 9.92. The zero-order valence-electron chi connectivity index (χ0n) is 10.8. The Morgan fingerprint density at radius 3 is 2.65 bits per heavy atom. The van der Waals surface area contributed by atoms with Crippen LogP contribution in [0, 0.1) is 13.8 Å². The van der Waals surface area contributed by atoms with Gasteiger partial charge in [-0.2, -0.15) is 0 Å². The van der Waals surface area contributed by atoms with E-state index in [0.29, 0.717) is 6.04 Å². The Labute approximate surface area is 112 Å². The summed E-state index contributed by atoms with van der Waals surface area (Å²) in [6.45, 7) is 5.39. The van der Waals surface area contributed by atoms with Crippen LogP contribution in [-0.2, 0) is 0 Å². The van der Waals surface area contributed by atoms with Gasteiger partial charge in [-0.25, -0.2) is 0 Å². The van der Waals surface area contributed by atoms with E-state index in [1.54, 1.807) is 7.11 Å². The monoisotopic (exact) mass is 297 g/mol. The highest BCUT2D eigenvalue weighted by atomic mass is 79.9. The Morgan fingerprint density at radius 1 is 1.29 bits per heavy atom. The Morgan fingerprint density at radius 2 is 2.06 bits per heavy atom. The maximum absolute atomic E-state index is 5.60. The minimum atomic E-state index is 0.440. The van der Waals surface area contributed by atoms with Crippen molar-refractivity contribution in [3.63, 3.8) is 0 Å². The van der Waals surface area contributed by atoms with Crippen molar-refractivity contribution >= 4 is 15.9 Å². The lowest BCUT2D eigenvalue weighted by molar-refractivity contribution is 0.370. The molecule has 0 radical (unpaired) electrons. The van der Waals surface area contributed by atoms with E-state index in [1.807, 2.05) is 0 Å². The molecule has 0 amide bonds. The quantitative estimate of drug-likeness (QED) is 0.894. The van der Waals surface area contributed by atoms with Crippen LogP contribution in [0.3, 0.4) is 0 Å². The number of aryl methyl sites for hydroxylation is 2. The van der Waals surface area contributed by atoms with Gasteiger partial charge in [0.2, 0.25) is 0 Å². The minimum Gasteiger partial charge on any atom is -0.495 e. The molecule has 1 saturated heterocycles. The lowest BCUT2D eigenvalue weighted by Gasteiger charge is -2.28. The van der Waals surface area contributed by atoms with Gasteiger partial charge in [0.25, 0.3) is 0 Å². The first-order valence-corrected chi connectivity index (χ1v) is 7.01. The average molecular weight is 298 g/mol. The zero-order valence-corrected chi connectivity index (χ0v) is 12.4. The number of benzene rings is 1. The topological polar surface area (TPSA) is 21.3 Å². The van der Waals surface area contributed by atoms with Crippen molar-refractivity contribution in [1.82, 2.24) is 5.32 Å². The zero-order chi connectivity index (χ0) is 12.4. The Bertz CT molecular complexity index is 411. The molecule has 3 heteroatoms. The van der Waals surface area contributed by atoms with Crippen molar-refractivity contribution < 1.29 is 4.74 Å². The van der Waals surface area contributed by atoms with Gasteiger partial charge in [0, 0.05) is 11.6 Å². The lowest BCUT2D eigenvalue weighted by Crippen LogP contribution is -2.27. The second kappa shape index (κ2) is 5.40. The van der Waals surface area contributed by atoms with Gasteiger partial charge in [-0.05, 0) is 60.3 Å². The molecule has 1 unspecified atom stereocenters. The molecular formula is C14H20BrNO. The fourth-order valence-electron chi connectivity index (χ4n) is 2.67. The number of piperidine rings is 1. The van der Waals surface area contributed by atoms with Crippen LogP contribution >= 0.6 is 15.9 Å². The third-order valence-electron chi connectivity index (χ3n) is 3.51. The highest BCUT2D eigenvalue weighted by Crippen LogP contribution is 2.40. The molecule has 2 rings (SSSR count). The first-order chi connectivity index (χ1) is 8.15. The van der Waals surface area contributed by atoms with Crippen LogP contribution in [0.5, 0.6) is 5.75 Å². The summed E-state index contributed by atoms with van der Waals surface area (Å²) in [5.41, 5.74) is 3.88. The van der Waals surface area contributed by atoms with Crippen molar-refractivity contribution in [3.05, 3.63) is 27.2 Å². The van der Waals surface area contributed by atoms with Gasteiger partial charge in [-0.1, -0.05) is 12.5 Å². The molecule has 1 N–H and O–H groups in total. The van der Waals surface area contributed by atoms with Gasteiger partial charge in [-0.3, -0.25) is 0 Å². The van der Waals surface area contributed by atoms with Crippen molar-refractivity contribution in [2.24, 2.45) is 0 Å². The highest BCUT2D eigenvalue weighted by molar-refractivity contribution is 9.10. The third-order valence-corrected chi connectivity index (χ3v) is 4.50. The Kier molecular flexibility index (Phi) is 4.10. The van der Waals surface area contributed by atoms with E-state index in [1.165, 1.54) is 36.0 Å². The van der Waals surface area contributed by atoms with Crippen molar-refractivity contribution in [2.75, 3.05) is 13.7 Å². The minimum absolute atomic E-state index is 0.440. The summed E-state index contributed by atoms with van der Waals surface area (Å²) < 4.78 is 6.69. The molecule has 0 spiro atoms. The molecule has 1 atom stereocenters. The van der Waals surface area contributed by atoms with E-state index in [0.717, 1.165) is 16.8 Å². The molecule has 0 saturated carbocycles. The van der Waals surface area contributed by atoms with Crippen LogP contribution in [-0.4, -0.2) is 13.7 Å². The molecule has 1 aromatic rings. The molecule has 94 valence electrons. The standard InChI is InChI=1S/C14H20BrNO/c1-9-8-10(2)13(15)14(17-3)12(9)11-6-4-5-7-16-11/h8,11,16H,4-7H2,1-3H3. The van der Waals surface area contributed by atoms with Gasteiger partial charge in [0.05, 0.1) is 11.6 Å². The predicted molar refractivity (Wildman–Crippen MR) is 74.8 cm³/mol. The maximum atomic E-state index is 5.60. The number of ether oxygens (including phenoxy) is 1. The molecule has 17 heavy (non-hydrogen) atoms. The van der Waals surface area contributed by atoms with E-state index in [9.17, 15) is 0 Å². The van der Waals surface area contributed by atoms with Crippen LogP contribution in [0.15, 0.2) is 10.5 Å². The van der Waals surface area contributed by atoms with Gasteiger partial charge in [0.15, 0.2) is 0 Å². The molecule has 1 heterocycles. The first-order valence-electron chi connectivity index (χ1n) is 6.22. The second-order valence-corrected chi connectivity index (χ2v) is 5.57. The summed E-state index contributed by atoms with van der Waals surface area (Å²) in [4.78, 5) is 0. The normalized spacial score (nSPS) is 20.4. The summed E-state index contributed by atoms with van der Waals surface area (Å²) in [6.07, 6.45) is 3.78. The fraction of sp³-hybridized carbons (Fsp3) is 0.571. The molecule has 1 fully saturated rings. The van der Waals surface area contributed by atoms with Gasteiger partial charge in [0.1, 0.15) is 5.75 Å². The fourth-order valence-corrected chi connectivity index (χ4v) is 3.16. The molecular weight excluding hydrogens is 278 g/mol. The number of hydrogen-bond donors (Lipinski definition) is 1. The van der Waals surface area contributed by atoms with E-state index in [2.05, 4.69) is 41.2 Å². The summed E-state index contributed by atoms with van der Waals surface area (Å²) in [5, 5.41) is 3.60. The number of rotatable bonds is 2. The van der Waals surface area contributed by atoms with Crippen molar-refractivity contribution in [1.29, 1.82) is 0 Å². The van der Waals surface area contributed by atoms with Crippen LogP contribution in [0.25, 0.3) is 0 Å². The molecule has 0 bridgehead atoms. The van der Waals surface area contributed by atoms with E-state index in [4.69, 9.17) is 4.74 Å². The predicted octanol–water partition coefficient (Wildman–Crippen LogP) is 3.89. The van der Waals surface area contributed by atoms with Gasteiger partial charge in [-0.15, -0.1) is 0 Å². The molecule has 0 aromatic heterocycles. The number of hydrogen-bond acceptors (Lipinski definition) is 2. The Hall–Kier alpha value is -0.540. The maximum Gasteiger partial charge on any atom is 0.138 e. The average Bonchev–Trinajstić information content (AvgIpc) is 2.34. The summed E-state index contributed by atoms with van der Waals surface area (Å²) in [7, 11) is 1.76. The SMILES string of the molecule is COc1c(Br)c(C)cc(C)c1C1CCCCN1. The van der Waals surface area contributed by atoms with E-state index < -0.39 is 0 Å². The first kappa shape index (κ1) is 12.9. The van der Waals surface area contributed by atoms with E-state index >= 15 is 0 Å². The number of methoxy groups -OCH3 is 1. The molecule has 0 aliphatic carbocycles. The van der Waals surface area contributed by atoms with Crippen LogP contribution in [0.2, 0.25) is 0 Å². The van der Waals surface area contributed by atoms with Crippen LogP contribution in [0.4, 0.5) is 0 Å². The molecule has 1 aliphatic rings. The van der Waals surface area contributed by atoms with Crippen molar-refractivity contribution in [3.8, 4) is 5.75 Å². The molecule has 1 aromatic carbocycles. The van der Waals surface area contributed by atoms with Gasteiger partial charge < -0.3 is 10.1 Å². The van der Waals surface area contributed by atoms with E-state index in [-0.39, 0.29) is 0 Å².